The van der Waals surface area contributed by atoms with Crippen molar-refractivity contribution in [2.75, 3.05) is 17.6 Å². The Labute approximate surface area is 117 Å². The Morgan fingerprint density at radius 2 is 2.20 bits per heavy atom. The summed E-state index contributed by atoms with van der Waals surface area (Å²) in [5.41, 5.74) is 8.33. The van der Waals surface area contributed by atoms with Gasteiger partial charge in [0.2, 0.25) is 5.91 Å². The van der Waals surface area contributed by atoms with Crippen molar-refractivity contribution in [1.29, 1.82) is 0 Å². The number of benzene rings is 1. The van der Waals surface area contributed by atoms with Gasteiger partial charge in [-0.1, -0.05) is 12.1 Å². The first-order valence-corrected chi connectivity index (χ1v) is 6.90. The molecule has 1 heterocycles. The molecule has 1 saturated carbocycles. The van der Waals surface area contributed by atoms with Gasteiger partial charge in [-0.2, -0.15) is 0 Å². The van der Waals surface area contributed by atoms with E-state index >= 15 is 0 Å². The molecule has 20 heavy (non-hydrogen) atoms. The molecule has 0 saturated heterocycles. The quantitative estimate of drug-likeness (QED) is 0.725. The fraction of sp³-hybridized carbons (Fsp3) is 0.333. The monoisotopic (exact) mass is 270 g/mol. The van der Waals surface area contributed by atoms with Crippen molar-refractivity contribution in [3.05, 3.63) is 30.5 Å². The van der Waals surface area contributed by atoms with Gasteiger partial charge in [0.15, 0.2) is 0 Å². The van der Waals surface area contributed by atoms with Crippen LogP contribution < -0.4 is 16.4 Å². The van der Waals surface area contributed by atoms with Gasteiger partial charge in [0, 0.05) is 36.3 Å². The van der Waals surface area contributed by atoms with Gasteiger partial charge in [0.25, 0.3) is 0 Å². The molecule has 5 nitrogen and oxygen atoms in total. The molecule has 0 spiro atoms. The van der Waals surface area contributed by atoms with Crippen LogP contribution in [0.3, 0.4) is 0 Å². The highest BCUT2D eigenvalue weighted by Gasteiger charge is 2.22. The van der Waals surface area contributed by atoms with Crippen LogP contribution in [-0.4, -0.2) is 23.5 Å². The van der Waals surface area contributed by atoms with Gasteiger partial charge in [-0.25, -0.2) is 0 Å². The van der Waals surface area contributed by atoms with Crippen LogP contribution in [0.4, 0.5) is 11.4 Å². The van der Waals surface area contributed by atoms with Crippen molar-refractivity contribution in [2.45, 2.75) is 25.3 Å². The molecule has 1 aromatic carbocycles. The maximum absolute atomic E-state index is 11.6. The number of para-hydroxylation sites is 1. The van der Waals surface area contributed by atoms with Crippen LogP contribution >= 0.6 is 0 Å². The zero-order chi connectivity index (χ0) is 13.9. The average molecular weight is 270 g/mol. The number of nitrogens with zero attached hydrogens (tertiary/aromatic N) is 1. The lowest BCUT2D eigenvalue weighted by atomic mass is 10.1. The highest BCUT2D eigenvalue weighted by atomic mass is 16.1. The van der Waals surface area contributed by atoms with E-state index in [9.17, 15) is 4.79 Å². The molecular formula is C15H18N4O. The molecular weight excluding hydrogens is 252 g/mol. The molecule has 5 heteroatoms. The lowest BCUT2D eigenvalue weighted by Crippen LogP contribution is -2.27. The standard InChI is InChI=1S/C15H18N4O/c16-12-3-1-2-11-13(6-8-18-15(11)12)17-9-7-14(20)19-10-4-5-10/h1-3,6,8,10H,4-5,7,9,16H2,(H,17,18)(H,19,20). The first kappa shape index (κ1) is 12.7. The normalized spacial score (nSPS) is 14.2. The molecule has 104 valence electrons. The fourth-order valence-electron chi connectivity index (χ4n) is 2.19. The Balaban J connectivity index is 1.65. The minimum absolute atomic E-state index is 0.109. The third kappa shape index (κ3) is 2.82. The van der Waals surface area contributed by atoms with Crippen molar-refractivity contribution < 1.29 is 4.79 Å². The minimum atomic E-state index is 0.109. The Bertz CT molecular complexity index is 637. The molecule has 2 aromatic rings. The number of hydrogen-bond acceptors (Lipinski definition) is 4. The first-order chi connectivity index (χ1) is 9.74. The topological polar surface area (TPSA) is 80.0 Å². The number of aromatic nitrogens is 1. The van der Waals surface area contributed by atoms with Crippen LogP contribution in [0.5, 0.6) is 0 Å². The summed E-state index contributed by atoms with van der Waals surface area (Å²) in [6, 6.07) is 8.04. The SMILES string of the molecule is Nc1cccc2c(NCCC(=O)NC3CC3)ccnc12. The highest BCUT2D eigenvalue weighted by Crippen LogP contribution is 2.25. The number of fused-ring (bicyclic) bond motifs is 1. The second-order valence-corrected chi connectivity index (χ2v) is 5.12. The molecule has 0 radical (unpaired) electrons. The van der Waals surface area contributed by atoms with Crippen LogP contribution in [0.15, 0.2) is 30.5 Å². The number of hydrogen-bond donors (Lipinski definition) is 3. The fourth-order valence-corrected chi connectivity index (χ4v) is 2.19. The third-order valence-corrected chi connectivity index (χ3v) is 3.41. The van der Waals surface area contributed by atoms with Crippen molar-refractivity contribution in [1.82, 2.24) is 10.3 Å². The van der Waals surface area contributed by atoms with E-state index < -0.39 is 0 Å². The van der Waals surface area contributed by atoms with Crippen molar-refractivity contribution >= 4 is 28.2 Å². The lowest BCUT2D eigenvalue weighted by Gasteiger charge is -2.10. The number of carbonyl (C=O) groups excluding carboxylic acids is 1. The average Bonchev–Trinajstić information content (AvgIpc) is 3.24. The number of pyridine rings is 1. The zero-order valence-corrected chi connectivity index (χ0v) is 11.2. The molecule has 4 N–H and O–H groups in total. The Hall–Kier alpha value is -2.30. The maximum atomic E-state index is 11.6. The molecule has 1 fully saturated rings. The minimum Gasteiger partial charge on any atom is -0.397 e. The van der Waals surface area contributed by atoms with E-state index in [2.05, 4.69) is 15.6 Å². The number of nitrogens with one attached hydrogen (secondary N) is 2. The second-order valence-electron chi connectivity index (χ2n) is 5.12. The van der Waals surface area contributed by atoms with Crippen LogP contribution in [0.1, 0.15) is 19.3 Å². The van der Waals surface area contributed by atoms with Gasteiger partial charge < -0.3 is 16.4 Å². The Morgan fingerprint density at radius 3 is 3.00 bits per heavy atom. The number of anilines is 2. The van der Waals surface area contributed by atoms with Crippen LogP contribution in [0, 0.1) is 0 Å². The molecule has 0 bridgehead atoms. The summed E-state index contributed by atoms with van der Waals surface area (Å²) in [5, 5.41) is 7.24. The number of carbonyl (C=O) groups is 1. The molecule has 0 unspecified atom stereocenters. The summed E-state index contributed by atoms with van der Waals surface area (Å²) in [6.45, 7) is 0.604. The number of nitrogen functional groups attached to an aromatic ring is 1. The largest absolute Gasteiger partial charge is 0.397 e. The van der Waals surface area contributed by atoms with E-state index in [-0.39, 0.29) is 5.91 Å². The number of nitrogens with two attached hydrogens (primary N) is 1. The predicted octanol–water partition coefficient (Wildman–Crippen LogP) is 1.90. The van der Waals surface area contributed by atoms with E-state index in [0.29, 0.717) is 24.7 Å². The van der Waals surface area contributed by atoms with Gasteiger partial charge in [0.05, 0.1) is 11.2 Å². The Morgan fingerprint density at radius 1 is 1.35 bits per heavy atom. The van der Waals surface area contributed by atoms with Crippen LogP contribution in [-0.2, 0) is 4.79 Å². The van der Waals surface area contributed by atoms with Crippen molar-refractivity contribution in [3.63, 3.8) is 0 Å². The van der Waals surface area contributed by atoms with E-state index in [4.69, 9.17) is 5.73 Å². The van der Waals surface area contributed by atoms with Gasteiger partial charge in [-0.15, -0.1) is 0 Å². The van der Waals surface area contributed by atoms with Crippen LogP contribution in [0.25, 0.3) is 10.9 Å². The van der Waals surface area contributed by atoms with E-state index in [1.54, 1.807) is 6.20 Å². The third-order valence-electron chi connectivity index (χ3n) is 3.41. The molecule has 0 aliphatic heterocycles. The van der Waals surface area contributed by atoms with Gasteiger partial charge in [-0.3, -0.25) is 9.78 Å². The lowest BCUT2D eigenvalue weighted by molar-refractivity contribution is -0.120. The summed E-state index contributed by atoms with van der Waals surface area (Å²) in [4.78, 5) is 15.9. The summed E-state index contributed by atoms with van der Waals surface area (Å²) < 4.78 is 0. The molecule has 1 amide bonds. The Kier molecular flexibility index (Phi) is 3.41. The summed E-state index contributed by atoms with van der Waals surface area (Å²) >= 11 is 0. The highest BCUT2D eigenvalue weighted by molar-refractivity contribution is 5.97. The molecule has 0 atom stereocenters. The second kappa shape index (κ2) is 5.36. The molecule has 1 aliphatic rings. The van der Waals surface area contributed by atoms with Gasteiger partial charge >= 0.3 is 0 Å². The summed E-state index contributed by atoms with van der Waals surface area (Å²) in [7, 11) is 0. The molecule has 1 aliphatic carbocycles. The molecule has 1 aromatic heterocycles. The maximum Gasteiger partial charge on any atom is 0.221 e. The first-order valence-electron chi connectivity index (χ1n) is 6.90. The van der Waals surface area contributed by atoms with Gasteiger partial charge in [0.1, 0.15) is 0 Å². The summed E-state index contributed by atoms with van der Waals surface area (Å²) in [6.07, 6.45) is 4.44. The summed E-state index contributed by atoms with van der Waals surface area (Å²) in [5.74, 6) is 0.109. The van der Waals surface area contributed by atoms with Crippen molar-refractivity contribution in [3.8, 4) is 0 Å². The smallest absolute Gasteiger partial charge is 0.221 e. The van der Waals surface area contributed by atoms with E-state index in [1.807, 2.05) is 24.3 Å². The van der Waals surface area contributed by atoms with E-state index in [0.717, 1.165) is 29.4 Å². The van der Waals surface area contributed by atoms with E-state index in [1.165, 1.54) is 0 Å². The number of rotatable bonds is 5. The zero-order valence-electron chi connectivity index (χ0n) is 11.2. The predicted molar refractivity (Wildman–Crippen MR) is 80.4 cm³/mol. The van der Waals surface area contributed by atoms with Crippen LogP contribution in [0.2, 0.25) is 0 Å². The number of amides is 1. The van der Waals surface area contributed by atoms with Gasteiger partial charge in [-0.05, 0) is 25.0 Å². The van der Waals surface area contributed by atoms with Crippen molar-refractivity contribution in [2.24, 2.45) is 0 Å². The molecule has 3 rings (SSSR count).